The van der Waals surface area contributed by atoms with E-state index >= 15 is 0 Å². The number of carbonyl (C=O) groups excluding carboxylic acids is 2. The zero-order valence-corrected chi connectivity index (χ0v) is 23.7. The minimum absolute atomic E-state index is 0.0155. The second kappa shape index (κ2) is 11.1. The standard InChI is InChI=1S/C29H32F3N7O3/c1-28(2)16-39(18-7-5-6-8-18)24-22(38(3)26(28)41)15-34-27(37-24)36-21-10-9-17(13-23(21)42-4)25(40)35-20-11-12-33-14-19(20)29(30,31)32/h9-15,18H,5-8,16H2,1-4H3,(H,33,35,40)(H,34,36,37). The Bertz CT molecular complexity index is 1510. The average Bonchev–Trinajstić information content (AvgIpc) is 3.48. The highest BCUT2D eigenvalue weighted by Gasteiger charge is 2.41. The highest BCUT2D eigenvalue weighted by Crippen LogP contribution is 2.41. The molecule has 3 aromatic rings. The van der Waals surface area contributed by atoms with E-state index in [1.54, 1.807) is 24.2 Å². The molecule has 2 N–H and O–H groups in total. The highest BCUT2D eigenvalue weighted by molar-refractivity contribution is 6.05. The quantitative estimate of drug-likeness (QED) is 0.383. The van der Waals surface area contributed by atoms with Crippen LogP contribution in [0.4, 0.5) is 42.0 Å². The van der Waals surface area contributed by atoms with Crippen LogP contribution in [0.15, 0.2) is 42.9 Å². The molecule has 0 atom stereocenters. The van der Waals surface area contributed by atoms with Gasteiger partial charge in [-0.05, 0) is 51.0 Å². The maximum absolute atomic E-state index is 13.3. The maximum atomic E-state index is 13.3. The summed E-state index contributed by atoms with van der Waals surface area (Å²) in [4.78, 5) is 42.7. The molecule has 3 heterocycles. The lowest BCUT2D eigenvalue weighted by molar-refractivity contribution is -0.137. The van der Waals surface area contributed by atoms with Gasteiger partial charge in [-0.2, -0.15) is 18.2 Å². The van der Waals surface area contributed by atoms with Crippen molar-refractivity contribution in [2.45, 2.75) is 51.7 Å². The van der Waals surface area contributed by atoms with Crippen LogP contribution in [0.5, 0.6) is 5.75 Å². The Balaban J connectivity index is 1.43. The molecule has 2 amide bonds. The van der Waals surface area contributed by atoms with Gasteiger partial charge in [0.05, 0.1) is 35.7 Å². The molecular formula is C29H32F3N7O3. The second-order valence-corrected chi connectivity index (χ2v) is 11.1. The molecule has 1 fully saturated rings. The van der Waals surface area contributed by atoms with Gasteiger partial charge in [-0.3, -0.25) is 14.6 Å². The third kappa shape index (κ3) is 5.68. The van der Waals surface area contributed by atoms with E-state index in [2.05, 4.69) is 25.5 Å². The lowest BCUT2D eigenvalue weighted by Crippen LogP contribution is -2.45. The fraction of sp³-hybridized carbons (Fsp3) is 0.414. The van der Waals surface area contributed by atoms with Crippen molar-refractivity contribution in [1.82, 2.24) is 15.0 Å². The van der Waals surface area contributed by atoms with Crippen molar-refractivity contribution in [2.24, 2.45) is 5.41 Å². The van der Waals surface area contributed by atoms with Gasteiger partial charge >= 0.3 is 6.18 Å². The number of halogens is 3. The summed E-state index contributed by atoms with van der Waals surface area (Å²) < 4.78 is 45.5. The molecule has 10 nitrogen and oxygen atoms in total. The molecule has 1 aromatic carbocycles. The molecule has 0 spiro atoms. The summed E-state index contributed by atoms with van der Waals surface area (Å²) >= 11 is 0. The lowest BCUT2D eigenvalue weighted by Gasteiger charge is -2.34. The number of pyridine rings is 1. The number of hydrogen-bond acceptors (Lipinski definition) is 8. The molecule has 0 radical (unpaired) electrons. The van der Waals surface area contributed by atoms with Crippen molar-refractivity contribution in [3.05, 3.63) is 54.0 Å². The third-order valence-corrected chi connectivity index (χ3v) is 7.68. The van der Waals surface area contributed by atoms with E-state index in [1.807, 2.05) is 13.8 Å². The summed E-state index contributed by atoms with van der Waals surface area (Å²) in [6.07, 6.45) is 3.03. The molecule has 2 aromatic heterocycles. The Morgan fingerprint density at radius 3 is 2.55 bits per heavy atom. The molecule has 13 heteroatoms. The Labute approximate surface area is 241 Å². The summed E-state index contributed by atoms with van der Waals surface area (Å²) in [6, 6.07) is 5.78. The number of alkyl halides is 3. The minimum Gasteiger partial charge on any atom is -0.495 e. The van der Waals surface area contributed by atoms with E-state index in [0.717, 1.165) is 31.7 Å². The number of rotatable bonds is 6. The number of hydrogen-bond donors (Lipinski definition) is 2. The number of methoxy groups -OCH3 is 1. The van der Waals surface area contributed by atoms with Crippen LogP contribution in [0.2, 0.25) is 0 Å². The highest BCUT2D eigenvalue weighted by atomic mass is 19.4. The van der Waals surface area contributed by atoms with E-state index in [0.29, 0.717) is 29.9 Å². The normalized spacial score (nSPS) is 17.1. The van der Waals surface area contributed by atoms with Crippen LogP contribution in [-0.2, 0) is 11.0 Å². The SMILES string of the molecule is COc1cc(C(=O)Nc2ccncc2C(F)(F)F)ccc1Nc1ncc2c(n1)N(C1CCCC1)CC(C)(C)C(=O)N2C. The fourth-order valence-corrected chi connectivity index (χ4v) is 5.50. The van der Waals surface area contributed by atoms with Crippen molar-refractivity contribution < 1.29 is 27.5 Å². The fourth-order valence-electron chi connectivity index (χ4n) is 5.50. The van der Waals surface area contributed by atoms with Crippen molar-refractivity contribution in [2.75, 3.05) is 41.1 Å². The summed E-state index contributed by atoms with van der Waals surface area (Å²) in [5.41, 5.74) is -0.926. The number of nitrogens with zero attached hydrogens (tertiary/aromatic N) is 5. The Hall–Kier alpha value is -4.42. The van der Waals surface area contributed by atoms with Gasteiger partial charge in [0.1, 0.15) is 11.4 Å². The van der Waals surface area contributed by atoms with Gasteiger partial charge in [-0.1, -0.05) is 12.8 Å². The van der Waals surface area contributed by atoms with Crippen molar-refractivity contribution in [3.63, 3.8) is 0 Å². The van der Waals surface area contributed by atoms with Gasteiger partial charge in [-0.15, -0.1) is 0 Å². The van der Waals surface area contributed by atoms with Gasteiger partial charge in [0, 0.05) is 37.6 Å². The molecule has 1 aliphatic heterocycles. The molecule has 1 aliphatic carbocycles. The van der Waals surface area contributed by atoms with E-state index in [9.17, 15) is 22.8 Å². The van der Waals surface area contributed by atoms with Gasteiger partial charge < -0.3 is 25.2 Å². The number of nitrogens with one attached hydrogen (secondary N) is 2. The summed E-state index contributed by atoms with van der Waals surface area (Å²) in [5.74, 6) is 0.416. The first kappa shape index (κ1) is 29.1. The first-order valence-electron chi connectivity index (χ1n) is 13.6. The third-order valence-electron chi connectivity index (χ3n) is 7.68. The lowest BCUT2D eigenvalue weighted by atomic mass is 9.91. The van der Waals surface area contributed by atoms with Crippen LogP contribution in [0.1, 0.15) is 55.5 Å². The van der Waals surface area contributed by atoms with Crippen LogP contribution in [0.25, 0.3) is 0 Å². The zero-order valence-electron chi connectivity index (χ0n) is 23.7. The first-order chi connectivity index (χ1) is 19.9. The van der Waals surface area contributed by atoms with E-state index < -0.39 is 28.7 Å². The number of aromatic nitrogens is 3. The summed E-state index contributed by atoms with van der Waals surface area (Å²) in [6.45, 7) is 4.39. The molecule has 1 saturated carbocycles. The Morgan fingerprint density at radius 2 is 1.86 bits per heavy atom. The second-order valence-electron chi connectivity index (χ2n) is 11.1. The van der Waals surface area contributed by atoms with Crippen LogP contribution >= 0.6 is 0 Å². The van der Waals surface area contributed by atoms with Crippen molar-refractivity contribution >= 4 is 40.6 Å². The van der Waals surface area contributed by atoms with E-state index in [1.165, 1.54) is 25.4 Å². The van der Waals surface area contributed by atoms with E-state index in [-0.39, 0.29) is 29.2 Å². The van der Waals surface area contributed by atoms with Crippen LogP contribution in [0.3, 0.4) is 0 Å². The topological polar surface area (TPSA) is 113 Å². The molecule has 5 rings (SSSR count). The number of amides is 2. The average molecular weight is 584 g/mol. The Kier molecular flexibility index (Phi) is 7.69. The van der Waals surface area contributed by atoms with Gasteiger partial charge in [0.15, 0.2) is 5.82 Å². The van der Waals surface area contributed by atoms with Crippen LogP contribution in [-0.4, -0.2) is 53.5 Å². The molecule has 2 aliphatic rings. The molecule has 0 unspecified atom stereocenters. The van der Waals surface area contributed by atoms with Crippen LogP contribution in [0, 0.1) is 5.41 Å². The zero-order chi connectivity index (χ0) is 30.2. The minimum atomic E-state index is -4.68. The van der Waals surface area contributed by atoms with E-state index in [4.69, 9.17) is 9.72 Å². The number of ether oxygens (including phenoxy) is 1. The maximum Gasteiger partial charge on any atom is 0.419 e. The largest absolute Gasteiger partial charge is 0.495 e. The summed E-state index contributed by atoms with van der Waals surface area (Å²) in [7, 11) is 3.14. The predicted molar refractivity (Wildman–Crippen MR) is 152 cm³/mol. The number of fused-ring (bicyclic) bond motifs is 1. The number of benzene rings is 1. The summed E-state index contributed by atoms with van der Waals surface area (Å²) in [5, 5.41) is 5.43. The number of anilines is 5. The molecular weight excluding hydrogens is 551 g/mol. The van der Waals surface area contributed by atoms with Crippen molar-refractivity contribution in [1.29, 1.82) is 0 Å². The van der Waals surface area contributed by atoms with Gasteiger partial charge in [0.25, 0.3) is 5.91 Å². The molecule has 222 valence electrons. The van der Waals surface area contributed by atoms with Gasteiger partial charge in [-0.25, -0.2) is 4.98 Å². The molecule has 42 heavy (non-hydrogen) atoms. The number of carbonyl (C=O) groups is 2. The monoisotopic (exact) mass is 583 g/mol. The molecule has 0 bridgehead atoms. The first-order valence-corrected chi connectivity index (χ1v) is 13.6. The van der Waals surface area contributed by atoms with Crippen LogP contribution < -0.4 is 25.2 Å². The Morgan fingerprint density at radius 1 is 1.12 bits per heavy atom. The van der Waals surface area contributed by atoms with Gasteiger partial charge in [0.2, 0.25) is 11.9 Å². The molecule has 0 saturated heterocycles. The smallest absolute Gasteiger partial charge is 0.419 e. The predicted octanol–water partition coefficient (Wildman–Crippen LogP) is 5.65. The van der Waals surface area contributed by atoms with Crippen molar-refractivity contribution in [3.8, 4) is 5.75 Å².